The second kappa shape index (κ2) is 4.68. The highest BCUT2D eigenvalue weighted by atomic mass is 16.6. The lowest BCUT2D eigenvalue weighted by Crippen LogP contribution is -2.15. The molecular weight excluding hydrogens is 244 g/mol. The molecule has 0 spiro atoms. The summed E-state index contributed by atoms with van der Waals surface area (Å²) in [6.07, 6.45) is 2.28. The molecule has 19 heavy (non-hydrogen) atoms. The van der Waals surface area contributed by atoms with E-state index in [4.69, 9.17) is 9.47 Å². The Balaban J connectivity index is 2.02. The number of hydrogen-bond acceptors (Lipinski definition) is 5. The molecule has 2 heterocycles. The van der Waals surface area contributed by atoms with Gasteiger partial charge in [0.25, 0.3) is 0 Å². The first-order valence-corrected chi connectivity index (χ1v) is 5.97. The Bertz CT molecular complexity index is 641. The molecule has 0 fully saturated rings. The third-order valence-electron chi connectivity index (χ3n) is 2.94. The van der Waals surface area contributed by atoms with Crippen LogP contribution in [0.3, 0.4) is 0 Å². The number of fused-ring (bicyclic) bond motifs is 1. The third-order valence-corrected chi connectivity index (χ3v) is 2.94. The molecule has 96 valence electrons. The quantitative estimate of drug-likeness (QED) is 0.769. The Morgan fingerprint density at radius 3 is 2.74 bits per heavy atom. The molecule has 2 aromatic rings. The monoisotopic (exact) mass is 256 g/mol. The summed E-state index contributed by atoms with van der Waals surface area (Å²) in [6.45, 7) is 2.89. The number of rotatable bonds is 2. The van der Waals surface area contributed by atoms with Gasteiger partial charge in [0.15, 0.2) is 23.6 Å². The molecule has 1 aromatic carbocycles. The van der Waals surface area contributed by atoms with Gasteiger partial charge < -0.3 is 9.47 Å². The van der Waals surface area contributed by atoms with Crippen LogP contribution in [-0.2, 0) is 0 Å². The van der Waals surface area contributed by atoms with E-state index in [0.717, 1.165) is 17.6 Å². The minimum atomic E-state index is 0.501. The van der Waals surface area contributed by atoms with Crippen molar-refractivity contribution in [3.8, 4) is 22.9 Å². The van der Waals surface area contributed by atoms with Crippen molar-refractivity contribution in [3.05, 3.63) is 35.7 Å². The van der Waals surface area contributed by atoms with Gasteiger partial charge in [-0.2, -0.15) is 0 Å². The van der Waals surface area contributed by atoms with Gasteiger partial charge in [-0.1, -0.05) is 0 Å². The fourth-order valence-electron chi connectivity index (χ4n) is 1.91. The molecule has 0 atom stereocenters. The number of nitrogens with zero attached hydrogens (tertiary/aromatic N) is 2. The molecule has 0 saturated carbocycles. The van der Waals surface area contributed by atoms with Gasteiger partial charge in [0.2, 0.25) is 0 Å². The van der Waals surface area contributed by atoms with Crippen LogP contribution in [0.5, 0.6) is 11.5 Å². The van der Waals surface area contributed by atoms with E-state index in [9.17, 15) is 4.79 Å². The van der Waals surface area contributed by atoms with Crippen molar-refractivity contribution in [2.45, 2.75) is 6.92 Å². The summed E-state index contributed by atoms with van der Waals surface area (Å²) in [6, 6.07) is 5.57. The van der Waals surface area contributed by atoms with Gasteiger partial charge in [0, 0.05) is 11.8 Å². The third kappa shape index (κ3) is 2.14. The fraction of sp³-hybridized carbons (Fsp3) is 0.214. The molecule has 0 amide bonds. The number of aromatic nitrogens is 2. The van der Waals surface area contributed by atoms with E-state index in [-0.39, 0.29) is 0 Å². The molecule has 0 saturated heterocycles. The number of carbonyl (C=O) groups excluding carboxylic acids is 1. The van der Waals surface area contributed by atoms with E-state index in [2.05, 4.69) is 9.97 Å². The SMILES string of the molecule is Cc1nc(-c2ccc3c(c2)OCCO3)ncc1C=O. The molecule has 1 aromatic heterocycles. The van der Waals surface area contributed by atoms with Gasteiger partial charge in [-0.25, -0.2) is 9.97 Å². The minimum Gasteiger partial charge on any atom is -0.486 e. The van der Waals surface area contributed by atoms with Gasteiger partial charge in [0.05, 0.1) is 11.3 Å². The van der Waals surface area contributed by atoms with Crippen molar-refractivity contribution in [2.24, 2.45) is 0 Å². The summed E-state index contributed by atoms with van der Waals surface area (Å²) in [5.41, 5.74) is 2.00. The van der Waals surface area contributed by atoms with E-state index in [1.807, 2.05) is 18.2 Å². The lowest BCUT2D eigenvalue weighted by atomic mass is 10.1. The predicted octanol–water partition coefficient (Wildman–Crippen LogP) is 2.04. The highest BCUT2D eigenvalue weighted by molar-refractivity contribution is 5.76. The molecule has 0 radical (unpaired) electrons. The predicted molar refractivity (Wildman–Crippen MR) is 68.6 cm³/mol. The number of benzene rings is 1. The minimum absolute atomic E-state index is 0.501. The number of ether oxygens (including phenoxy) is 2. The highest BCUT2D eigenvalue weighted by Crippen LogP contribution is 2.33. The first-order valence-electron chi connectivity index (χ1n) is 5.97. The maximum Gasteiger partial charge on any atom is 0.162 e. The van der Waals surface area contributed by atoms with Crippen LogP contribution in [0.25, 0.3) is 11.4 Å². The van der Waals surface area contributed by atoms with Crippen LogP contribution in [0.1, 0.15) is 16.1 Å². The molecule has 3 rings (SSSR count). The van der Waals surface area contributed by atoms with E-state index in [1.165, 1.54) is 6.20 Å². The Kier molecular flexibility index (Phi) is 2.87. The zero-order valence-corrected chi connectivity index (χ0v) is 10.4. The van der Waals surface area contributed by atoms with Crippen LogP contribution < -0.4 is 9.47 Å². The maximum atomic E-state index is 10.8. The molecule has 0 unspecified atom stereocenters. The van der Waals surface area contributed by atoms with Gasteiger partial charge in [-0.3, -0.25) is 4.79 Å². The molecule has 5 nitrogen and oxygen atoms in total. The standard InChI is InChI=1S/C14H12N2O3/c1-9-11(8-17)7-15-14(16-9)10-2-3-12-13(6-10)19-5-4-18-12/h2-3,6-8H,4-5H2,1H3. The van der Waals surface area contributed by atoms with Gasteiger partial charge in [-0.15, -0.1) is 0 Å². The summed E-state index contributed by atoms with van der Waals surface area (Å²) in [7, 11) is 0. The first-order chi connectivity index (χ1) is 9.28. The molecule has 5 heteroatoms. The van der Waals surface area contributed by atoms with Crippen molar-refractivity contribution in [1.82, 2.24) is 9.97 Å². The molecule has 0 N–H and O–H groups in total. The molecule has 1 aliphatic rings. The Morgan fingerprint density at radius 2 is 2.00 bits per heavy atom. The zero-order valence-electron chi connectivity index (χ0n) is 10.4. The van der Waals surface area contributed by atoms with Crippen LogP contribution in [0.15, 0.2) is 24.4 Å². The first kappa shape index (κ1) is 11.6. The fourth-order valence-corrected chi connectivity index (χ4v) is 1.91. The van der Waals surface area contributed by atoms with E-state index >= 15 is 0 Å². The highest BCUT2D eigenvalue weighted by Gasteiger charge is 2.13. The average Bonchev–Trinajstić information content (AvgIpc) is 2.46. The Hall–Kier alpha value is -2.43. The van der Waals surface area contributed by atoms with Crippen LogP contribution in [-0.4, -0.2) is 29.5 Å². The van der Waals surface area contributed by atoms with Crippen LogP contribution in [0.4, 0.5) is 0 Å². The lowest BCUT2D eigenvalue weighted by Gasteiger charge is -2.18. The van der Waals surface area contributed by atoms with Crippen molar-refractivity contribution >= 4 is 6.29 Å². The summed E-state index contributed by atoms with van der Waals surface area (Å²) in [4.78, 5) is 19.3. The van der Waals surface area contributed by atoms with Crippen LogP contribution >= 0.6 is 0 Å². The van der Waals surface area contributed by atoms with E-state index < -0.39 is 0 Å². The summed E-state index contributed by atoms with van der Waals surface area (Å²) >= 11 is 0. The summed E-state index contributed by atoms with van der Waals surface area (Å²) < 4.78 is 11.0. The Labute approximate surface area is 110 Å². The number of aryl methyl sites for hydroxylation is 1. The number of aldehydes is 1. The van der Waals surface area contributed by atoms with E-state index in [0.29, 0.717) is 36.0 Å². The average molecular weight is 256 g/mol. The van der Waals surface area contributed by atoms with Gasteiger partial charge in [0.1, 0.15) is 13.2 Å². The molecule has 0 aliphatic carbocycles. The smallest absolute Gasteiger partial charge is 0.162 e. The summed E-state index contributed by atoms with van der Waals surface area (Å²) in [5, 5.41) is 0. The van der Waals surface area contributed by atoms with Crippen LogP contribution in [0, 0.1) is 6.92 Å². The topological polar surface area (TPSA) is 61.3 Å². The van der Waals surface area contributed by atoms with Crippen molar-refractivity contribution < 1.29 is 14.3 Å². The number of carbonyl (C=O) groups is 1. The van der Waals surface area contributed by atoms with E-state index in [1.54, 1.807) is 6.92 Å². The van der Waals surface area contributed by atoms with Gasteiger partial charge in [-0.05, 0) is 25.1 Å². The van der Waals surface area contributed by atoms with Crippen molar-refractivity contribution in [1.29, 1.82) is 0 Å². The molecule has 1 aliphatic heterocycles. The second-order valence-electron chi connectivity index (χ2n) is 4.21. The zero-order chi connectivity index (χ0) is 13.2. The molecular formula is C14H12N2O3. The van der Waals surface area contributed by atoms with Crippen molar-refractivity contribution in [3.63, 3.8) is 0 Å². The Morgan fingerprint density at radius 1 is 1.21 bits per heavy atom. The second-order valence-corrected chi connectivity index (χ2v) is 4.21. The largest absolute Gasteiger partial charge is 0.486 e. The number of hydrogen-bond donors (Lipinski definition) is 0. The van der Waals surface area contributed by atoms with Crippen LogP contribution in [0.2, 0.25) is 0 Å². The van der Waals surface area contributed by atoms with Gasteiger partial charge >= 0.3 is 0 Å². The normalized spacial score (nSPS) is 13.1. The summed E-state index contributed by atoms with van der Waals surface area (Å²) in [5.74, 6) is 2.00. The molecule has 0 bridgehead atoms. The lowest BCUT2D eigenvalue weighted by molar-refractivity contribution is 0.112. The maximum absolute atomic E-state index is 10.8. The van der Waals surface area contributed by atoms with Crippen molar-refractivity contribution in [2.75, 3.05) is 13.2 Å².